The molecule has 0 radical (unpaired) electrons. The number of carbonyl (C=O) groups excluding carboxylic acids is 5. The Morgan fingerprint density at radius 1 is 1.11 bits per heavy atom. The van der Waals surface area contributed by atoms with Crippen molar-refractivity contribution in [2.24, 2.45) is 0 Å². The Morgan fingerprint density at radius 2 is 1.79 bits per heavy atom. The molecule has 9 nitrogen and oxygen atoms in total. The fraction of sp³-hybridized carbons (Fsp3) is 0.421. The molecule has 1 heterocycles. The molecule has 0 bridgehead atoms. The van der Waals surface area contributed by atoms with Gasteiger partial charge in [0.25, 0.3) is 0 Å². The average Bonchev–Trinajstić information content (AvgIpc) is 3.26. The third-order valence-corrected chi connectivity index (χ3v) is 4.77. The fourth-order valence-corrected chi connectivity index (χ4v) is 3.46. The predicted octanol–water partition coefficient (Wildman–Crippen LogP) is 1.54. The first kappa shape index (κ1) is 19.5. The molecule has 1 aliphatic carbocycles. The zero-order valence-corrected chi connectivity index (χ0v) is 15.5. The van der Waals surface area contributed by atoms with Gasteiger partial charge in [-0.15, -0.1) is 0 Å². The van der Waals surface area contributed by atoms with Crippen molar-refractivity contribution in [3.63, 3.8) is 0 Å². The van der Waals surface area contributed by atoms with E-state index in [-0.39, 0.29) is 23.9 Å². The highest BCUT2D eigenvalue weighted by Crippen LogP contribution is 2.27. The van der Waals surface area contributed by atoms with E-state index >= 15 is 0 Å². The molecule has 2 fully saturated rings. The molecule has 1 N–H and O–H groups in total. The quantitative estimate of drug-likeness (QED) is 0.450. The summed E-state index contributed by atoms with van der Waals surface area (Å²) < 4.78 is 4.94. The maximum Gasteiger partial charge on any atom is 0.340 e. The van der Waals surface area contributed by atoms with Crippen LogP contribution in [-0.2, 0) is 19.1 Å². The molecule has 3 rings (SSSR count). The summed E-state index contributed by atoms with van der Waals surface area (Å²) in [6.07, 6.45) is 3.11. The van der Waals surface area contributed by atoms with E-state index in [9.17, 15) is 24.0 Å². The Balaban J connectivity index is 1.70. The van der Waals surface area contributed by atoms with E-state index in [0.29, 0.717) is 17.7 Å². The average molecular weight is 387 g/mol. The van der Waals surface area contributed by atoms with Gasteiger partial charge in [-0.25, -0.2) is 14.5 Å². The van der Waals surface area contributed by atoms with Gasteiger partial charge in [0.1, 0.15) is 6.54 Å². The zero-order valence-electron chi connectivity index (χ0n) is 15.5. The first-order valence-corrected chi connectivity index (χ1v) is 9.19. The van der Waals surface area contributed by atoms with E-state index in [2.05, 4.69) is 5.32 Å². The number of hydrogen-bond acceptors (Lipinski definition) is 6. The number of amides is 5. The van der Waals surface area contributed by atoms with Gasteiger partial charge >= 0.3 is 23.8 Å². The number of benzene rings is 1. The summed E-state index contributed by atoms with van der Waals surface area (Å²) in [7, 11) is 0. The number of urea groups is 1. The van der Waals surface area contributed by atoms with Gasteiger partial charge in [0.05, 0.1) is 17.9 Å². The molecular weight excluding hydrogens is 366 g/mol. The van der Waals surface area contributed by atoms with Gasteiger partial charge in [0.15, 0.2) is 0 Å². The number of hydrogen-bond donors (Lipinski definition) is 1. The van der Waals surface area contributed by atoms with E-state index in [0.717, 1.165) is 17.7 Å². The third kappa shape index (κ3) is 3.73. The van der Waals surface area contributed by atoms with Crippen LogP contribution in [0.1, 0.15) is 43.0 Å². The van der Waals surface area contributed by atoms with E-state index in [4.69, 9.17) is 4.74 Å². The van der Waals surface area contributed by atoms with Crippen LogP contribution in [0.15, 0.2) is 24.3 Å². The van der Waals surface area contributed by atoms with Crippen LogP contribution in [0.25, 0.3) is 0 Å². The van der Waals surface area contributed by atoms with Crippen LogP contribution in [0.3, 0.4) is 0 Å². The molecule has 0 spiro atoms. The van der Waals surface area contributed by atoms with E-state index in [1.807, 2.05) is 0 Å². The van der Waals surface area contributed by atoms with Crippen molar-refractivity contribution < 1.29 is 28.7 Å². The first-order valence-electron chi connectivity index (χ1n) is 9.19. The molecular formula is C19H21N3O6. The first-order chi connectivity index (χ1) is 13.4. The molecule has 1 aliphatic heterocycles. The molecule has 0 aromatic heterocycles. The summed E-state index contributed by atoms with van der Waals surface area (Å²) in [5.41, 5.74) is 0.351. The lowest BCUT2D eigenvalue weighted by Crippen LogP contribution is -2.41. The number of nitrogens with zero attached hydrogens (tertiary/aromatic N) is 2. The number of imide groups is 2. The van der Waals surface area contributed by atoms with Gasteiger partial charge in [-0.3, -0.25) is 19.3 Å². The number of para-hydroxylation sites is 1. The summed E-state index contributed by atoms with van der Waals surface area (Å²) >= 11 is 0. The van der Waals surface area contributed by atoms with Gasteiger partial charge in [0.2, 0.25) is 5.91 Å². The second-order valence-corrected chi connectivity index (χ2v) is 6.60. The van der Waals surface area contributed by atoms with Crippen LogP contribution >= 0.6 is 0 Å². The Kier molecular flexibility index (Phi) is 5.72. The van der Waals surface area contributed by atoms with Crippen LogP contribution in [-0.4, -0.2) is 58.7 Å². The number of anilines is 1. The summed E-state index contributed by atoms with van der Waals surface area (Å²) in [6, 6.07) is 5.18. The largest absolute Gasteiger partial charge is 0.462 e. The lowest BCUT2D eigenvalue weighted by Gasteiger charge is -2.21. The highest BCUT2D eigenvalue weighted by Gasteiger charge is 2.48. The molecule has 1 aromatic carbocycles. The number of rotatable bonds is 6. The molecule has 5 amide bonds. The number of ether oxygens (including phenoxy) is 1. The minimum absolute atomic E-state index is 0.153. The SMILES string of the molecule is CCOC(=O)c1ccccc1NC(=O)CN1C(=O)C(=O)N(C2CCCC2)C1=O. The summed E-state index contributed by atoms with van der Waals surface area (Å²) in [5.74, 6) is -3.20. The van der Waals surface area contributed by atoms with Crippen molar-refractivity contribution in [1.82, 2.24) is 9.80 Å². The van der Waals surface area contributed by atoms with Crippen LogP contribution in [0, 0.1) is 0 Å². The van der Waals surface area contributed by atoms with Crippen molar-refractivity contribution in [3.8, 4) is 0 Å². The van der Waals surface area contributed by atoms with Crippen molar-refractivity contribution in [3.05, 3.63) is 29.8 Å². The second-order valence-electron chi connectivity index (χ2n) is 6.60. The Morgan fingerprint density at radius 3 is 2.46 bits per heavy atom. The van der Waals surface area contributed by atoms with Crippen LogP contribution in [0.2, 0.25) is 0 Å². The minimum Gasteiger partial charge on any atom is -0.462 e. The normalized spacial score (nSPS) is 17.4. The van der Waals surface area contributed by atoms with E-state index in [1.54, 1.807) is 19.1 Å². The minimum atomic E-state index is -1.01. The number of carbonyl (C=O) groups is 5. The number of esters is 1. The van der Waals surface area contributed by atoms with Crippen molar-refractivity contribution in [2.45, 2.75) is 38.6 Å². The van der Waals surface area contributed by atoms with Gasteiger partial charge in [-0.05, 0) is 31.9 Å². The Labute approximate surface area is 161 Å². The smallest absolute Gasteiger partial charge is 0.340 e. The Hall–Kier alpha value is -3.23. The van der Waals surface area contributed by atoms with Crippen LogP contribution < -0.4 is 5.32 Å². The van der Waals surface area contributed by atoms with Crippen LogP contribution in [0.4, 0.5) is 10.5 Å². The maximum atomic E-state index is 12.5. The van der Waals surface area contributed by atoms with E-state index < -0.39 is 36.3 Å². The second kappa shape index (κ2) is 8.20. The third-order valence-electron chi connectivity index (χ3n) is 4.77. The molecule has 28 heavy (non-hydrogen) atoms. The molecule has 9 heteroatoms. The monoisotopic (exact) mass is 387 g/mol. The van der Waals surface area contributed by atoms with Crippen LogP contribution in [0.5, 0.6) is 0 Å². The van der Waals surface area contributed by atoms with Gasteiger partial charge in [0, 0.05) is 6.04 Å². The molecule has 2 aliphatic rings. The lowest BCUT2D eigenvalue weighted by atomic mass is 10.2. The summed E-state index contributed by atoms with van der Waals surface area (Å²) in [6.45, 7) is 1.23. The number of nitrogens with one attached hydrogen (secondary N) is 1. The molecule has 0 unspecified atom stereocenters. The molecule has 148 valence electrons. The van der Waals surface area contributed by atoms with E-state index in [1.165, 1.54) is 12.1 Å². The molecule has 1 saturated carbocycles. The van der Waals surface area contributed by atoms with Gasteiger partial charge in [-0.1, -0.05) is 25.0 Å². The predicted molar refractivity (Wildman–Crippen MR) is 97.2 cm³/mol. The molecule has 0 atom stereocenters. The molecule has 1 saturated heterocycles. The summed E-state index contributed by atoms with van der Waals surface area (Å²) in [5, 5.41) is 2.50. The van der Waals surface area contributed by atoms with Crippen molar-refractivity contribution in [2.75, 3.05) is 18.5 Å². The zero-order chi connectivity index (χ0) is 20.3. The lowest BCUT2D eigenvalue weighted by molar-refractivity contribution is -0.144. The van der Waals surface area contributed by atoms with Crippen molar-refractivity contribution in [1.29, 1.82) is 0 Å². The van der Waals surface area contributed by atoms with Gasteiger partial charge in [-0.2, -0.15) is 0 Å². The fourth-order valence-electron chi connectivity index (χ4n) is 3.46. The topological polar surface area (TPSA) is 113 Å². The maximum absolute atomic E-state index is 12.5. The highest BCUT2D eigenvalue weighted by molar-refractivity contribution is 6.45. The molecule has 1 aromatic rings. The standard InChI is InChI=1S/C19H21N3O6/c1-2-28-18(26)13-9-5-6-10-14(13)20-15(23)11-21-16(24)17(25)22(19(21)27)12-7-3-4-8-12/h5-6,9-10,12H,2-4,7-8,11H2,1H3,(H,20,23). The Bertz CT molecular complexity index is 831. The van der Waals surface area contributed by atoms with Crippen molar-refractivity contribution >= 4 is 35.4 Å². The highest BCUT2D eigenvalue weighted by atomic mass is 16.5. The summed E-state index contributed by atoms with van der Waals surface area (Å²) in [4.78, 5) is 62.9. The van der Waals surface area contributed by atoms with Gasteiger partial charge < -0.3 is 10.1 Å².